The zero-order chi connectivity index (χ0) is 18.7. The quantitative estimate of drug-likeness (QED) is 0.534. The number of thiocarbonyl (C=S) groups is 1. The number of hydrogen-bond donors (Lipinski definition) is 2. The van der Waals surface area contributed by atoms with Crippen molar-refractivity contribution < 1.29 is 14.3 Å². The number of nitrogens with one attached hydrogen (secondary N) is 2. The van der Waals surface area contributed by atoms with Gasteiger partial charge in [-0.05, 0) is 68.2 Å². The number of hydrogen-bond acceptors (Lipinski definition) is 5. The van der Waals surface area contributed by atoms with E-state index < -0.39 is 0 Å². The van der Waals surface area contributed by atoms with Crippen LogP contribution >= 0.6 is 39.5 Å². The normalized spacial score (nSPS) is 12.4. The number of ether oxygens (including phenoxy) is 1. The fourth-order valence-electron chi connectivity index (χ4n) is 2.82. The van der Waals surface area contributed by atoms with Crippen LogP contribution in [0.2, 0.25) is 0 Å². The Kier molecular flexibility index (Phi) is 6.05. The van der Waals surface area contributed by atoms with Gasteiger partial charge in [0.05, 0.1) is 12.2 Å². The van der Waals surface area contributed by atoms with E-state index in [1.807, 2.05) is 0 Å². The molecule has 26 heavy (non-hydrogen) atoms. The van der Waals surface area contributed by atoms with Crippen molar-refractivity contribution in [1.82, 2.24) is 5.32 Å². The van der Waals surface area contributed by atoms with E-state index in [-0.39, 0.29) is 17.0 Å². The molecule has 3 rings (SSSR count). The van der Waals surface area contributed by atoms with E-state index in [0.29, 0.717) is 22.7 Å². The first kappa shape index (κ1) is 19.0. The maximum Gasteiger partial charge on any atom is 0.341 e. The number of anilines is 1. The van der Waals surface area contributed by atoms with Gasteiger partial charge in [0, 0.05) is 14.9 Å². The second-order valence-corrected chi connectivity index (χ2v) is 8.13. The molecule has 1 amide bonds. The minimum atomic E-state index is -0.351. The van der Waals surface area contributed by atoms with Crippen molar-refractivity contribution >= 4 is 61.5 Å². The van der Waals surface area contributed by atoms with Gasteiger partial charge in [0.15, 0.2) is 5.11 Å². The highest BCUT2D eigenvalue weighted by atomic mass is 79.9. The maximum atomic E-state index is 12.4. The largest absolute Gasteiger partial charge is 0.462 e. The van der Waals surface area contributed by atoms with Crippen LogP contribution in [0.25, 0.3) is 0 Å². The van der Waals surface area contributed by atoms with Crippen molar-refractivity contribution in [3.8, 4) is 0 Å². The standard InChI is InChI=1S/C18H17BrN2O3S2/c1-2-24-17(23)14-12-4-3-5-13(12)26-16(14)21-18(25)20-15(22)10-6-8-11(19)9-7-10/h6-9H,2-5H2,1H3,(H2,20,21,22,25). The molecule has 0 saturated heterocycles. The maximum absolute atomic E-state index is 12.4. The number of benzene rings is 1. The molecular formula is C18H17BrN2O3S2. The first-order valence-electron chi connectivity index (χ1n) is 8.19. The minimum absolute atomic E-state index is 0.156. The number of esters is 1. The molecule has 5 nitrogen and oxygen atoms in total. The van der Waals surface area contributed by atoms with E-state index in [9.17, 15) is 9.59 Å². The molecule has 1 aromatic heterocycles. The molecule has 136 valence electrons. The summed E-state index contributed by atoms with van der Waals surface area (Å²) in [4.78, 5) is 25.8. The number of fused-ring (bicyclic) bond motifs is 1. The average Bonchev–Trinajstić information content (AvgIpc) is 3.15. The second kappa shape index (κ2) is 8.28. The van der Waals surface area contributed by atoms with Gasteiger partial charge < -0.3 is 10.1 Å². The summed E-state index contributed by atoms with van der Waals surface area (Å²) in [7, 11) is 0. The van der Waals surface area contributed by atoms with Crippen molar-refractivity contribution in [2.75, 3.05) is 11.9 Å². The first-order valence-corrected chi connectivity index (χ1v) is 10.2. The van der Waals surface area contributed by atoms with Gasteiger partial charge in [-0.25, -0.2) is 4.79 Å². The van der Waals surface area contributed by atoms with Crippen LogP contribution in [-0.4, -0.2) is 23.6 Å². The second-order valence-electron chi connectivity index (χ2n) is 5.70. The number of carbonyl (C=O) groups excluding carboxylic acids is 2. The van der Waals surface area contributed by atoms with Crippen LogP contribution in [0.15, 0.2) is 28.7 Å². The molecule has 1 aromatic carbocycles. The van der Waals surface area contributed by atoms with Gasteiger partial charge in [-0.2, -0.15) is 0 Å². The molecule has 0 aliphatic heterocycles. The molecule has 1 aliphatic carbocycles. The smallest absolute Gasteiger partial charge is 0.341 e. The van der Waals surface area contributed by atoms with E-state index >= 15 is 0 Å². The van der Waals surface area contributed by atoms with E-state index in [0.717, 1.165) is 29.3 Å². The number of thiophene rings is 1. The number of amides is 1. The summed E-state index contributed by atoms with van der Waals surface area (Å²) < 4.78 is 6.08. The molecule has 0 spiro atoms. The van der Waals surface area contributed by atoms with Crippen LogP contribution in [0.4, 0.5) is 5.00 Å². The third-order valence-corrected chi connectivity index (χ3v) is 5.90. The third kappa shape index (κ3) is 4.13. The highest BCUT2D eigenvalue weighted by molar-refractivity contribution is 9.10. The Morgan fingerprint density at radius 3 is 2.69 bits per heavy atom. The molecule has 2 N–H and O–H groups in total. The van der Waals surface area contributed by atoms with Crippen LogP contribution in [-0.2, 0) is 17.6 Å². The zero-order valence-corrected chi connectivity index (χ0v) is 17.3. The zero-order valence-electron chi connectivity index (χ0n) is 14.1. The van der Waals surface area contributed by atoms with Crippen LogP contribution < -0.4 is 10.6 Å². The fraction of sp³-hybridized carbons (Fsp3) is 0.278. The third-order valence-electron chi connectivity index (χ3n) is 3.96. The lowest BCUT2D eigenvalue weighted by atomic mass is 10.1. The predicted molar refractivity (Wildman–Crippen MR) is 110 cm³/mol. The van der Waals surface area contributed by atoms with E-state index in [1.54, 1.807) is 31.2 Å². The SMILES string of the molecule is CCOC(=O)c1c(NC(=S)NC(=O)c2ccc(Br)cc2)sc2c1CCC2. The Balaban J connectivity index is 1.74. The van der Waals surface area contributed by atoms with Crippen molar-refractivity contribution in [1.29, 1.82) is 0 Å². The lowest BCUT2D eigenvalue weighted by Crippen LogP contribution is -2.34. The minimum Gasteiger partial charge on any atom is -0.462 e. The van der Waals surface area contributed by atoms with Gasteiger partial charge in [0.1, 0.15) is 5.00 Å². The van der Waals surface area contributed by atoms with Gasteiger partial charge in [0.25, 0.3) is 5.91 Å². The molecule has 0 saturated carbocycles. The lowest BCUT2D eigenvalue weighted by molar-refractivity contribution is 0.0527. The summed E-state index contributed by atoms with van der Waals surface area (Å²) in [6, 6.07) is 6.97. The summed E-state index contributed by atoms with van der Waals surface area (Å²) in [5, 5.41) is 6.44. The van der Waals surface area contributed by atoms with Gasteiger partial charge in [0.2, 0.25) is 0 Å². The van der Waals surface area contributed by atoms with Gasteiger partial charge in [-0.15, -0.1) is 11.3 Å². The lowest BCUT2D eigenvalue weighted by Gasteiger charge is -2.11. The van der Waals surface area contributed by atoms with Crippen molar-refractivity contribution in [2.24, 2.45) is 0 Å². The highest BCUT2D eigenvalue weighted by Gasteiger charge is 2.28. The van der Waals surface area contributed by atoms with Gasteiger partial charge in [-0.1, -0.05) is 15.9 Å². The summed E-state index contributed by atoms with van der Waals surface area (Å²) in [6.07, 6.45) is 2.85. The first-order chi connectivity index (χ1) is 12.5. The van der Waals surface area contributed by atoms with E-state index in [4.69, 9.17) is 17.0 Å². The summed E-state index contributed by atoms with van der Waals surface area (Å²) in [5.41, 5.74) is 2.08. The molecule has 0 bridgehead atoms. The number of rotatable bonds is 4. The van der Waals surface area contributed by atoms with Crippen molar-refractivity contribution in [3.05, 3.63) is 50.3 Å². The van der Waals surface area contributed by atoms with Crippen LogP contribution in [0.1, 0.15) is 44.5 Å². The Bertz CT molecular complexity index is 862. The Hall–Kier alpha value is -1.77. The van der Waals surface area contributed by atoms with Crippen LogP contribution in [0, 0.1) is 0 Å². The van der Waals surface area contributed by atoms with Crippen LogP contribution in [0.3, 0.4) is 0 Å². The Morgan fingerprint density at radius 2 is 2.00 bits per heavy atom. The average molecular weight is 453 g/mol. The van der Waals surface area contributed by atoms with E-state index in [1.165, 1.54) is 16.2 Å². The van der Waals surface area contributed by atoms with Crippen LogP contribution in [0.5, 0.6) is 0 Å². The monoisotopic (exact) mass is 452 g/mol. The molecule has 0 atom stereocenters. The highest BCUT2D eigenvalue weighted by Crippen LogP contribution is 2.39. The van der Waals surface area contributed by atoms with Gasteiger partial charge in [-0.3, -0.25) is 10.1 Å². The molecule has 2 aromatic rings. The summed E-state index contributed by atoms with van der Waals surface area (Å²) in [5.74, 6) is -0.659. The molecule has 0 radical (unpaired) electrons. The molecule has 1 heterocycles. The van der Waals surface area contributed by atoms with Gasteiger partial charge >= 0.3 is 5.97 Å². The topological polar surface area (TPSA) is 67.4 Å². The number of carbonyl (C=O) groups is 2. The summed E-state index contributed by atoms with van der Waals surface area (Å²) >= 11 is 10.1. The predicted octanol–water partition coefficient (Wildman–Crippen LogP) is 4.30. The number of halogens is 1. The molecule has 0 unspecified atom stereocenters. The summed E-state index contributed by atoms with van der Waals surface area (Å²) in [6.45, 7) is 2.09. The van der Waals surface area contributed by atoms with Crippen molar-refractivity contribution in [3.63, 3.8) is 0 Å². The fourth-order valence-corrected chi connectivity index (χ4v) is 4.63. The molecule has 1 aliphatic rings. The molecule has 0 fully saturated rings. The Labute approximate surface area is 169 Å². The Morgan fingerprint density at radius 1 is 1.27 bits per heavy atom. The number of aryl methyl sites for hydroxylation is 1. The van der Waals surface area contributed by atoms with E-state index in [2.05, 4.69) is 26.6 Å². The van der Waals surface area contributed by atoms with Crippen molar-refractivity contribution in [2.45, 2.75) is 26.2 Å². The molecule has 8 heteroatoms. The molecular weight excluding hydrogens is 436 g/mol.